The molecule has 29 heavy (non-hydrogen) atoms. The zero-order valence-electron chi connectivity index (χ0n) is 15.6. The van der Waals surface area contributed by atoms with Gasteiger partial charge >= 0.3 is 12.1 Å². The quantitative estimate of drug-likeness (QED) is 0.266. The number of carbonyl (C=O) groups is 5. The highest BCUT2D eigenvalue weighted by Crippen LogP contribution is 2.30. The van der Waals surface area contributed by atoms with E-state index >= 15 is 0 Å². The summed E-state index contributed by atoms with van der Waals surface area (Å²) in [4.78, 5) is 60.4. The first kappa shape index (κ1) is 20.0. The van der Waals surface area contributed by atoms with Crippen molar-refractivity contribution in [2.45, 2.75) is 26.6 Å². The molecular formula is C20H16O9. The second-order valence-corrected chi connectivity index (χ2v) is 6.02. The van der Waals surface area contributed by atoms with Crippen molar-refractivity contribution < 1.29 is 42.6 Å². The summed E-state index contributed by atoms with van der Waals surface area (Å²) in [6, 6.07) is 7.37. The summed E-state index contributed by atoms with van der Waals surface area (Å²) in [6.45, 7) is 2.94. The number of carbonyl (C=O) groups excluding carboxylic acids is 5. The van der Waals surface area contributed by atoms with Crippen LogP contribution in [0.2, 0.25) is 0 Å². The van der Waals surface area contributed by atoms with Crippen molar-refractivity contribution in [2.24, 2.45) is 0 Å². The third-order valence-corrected chi connectivity index (χ3v) is 4.00. The molecule has 3 rings (SSSR count). The van der Waals surface area contributed by atoms with E-state index < -0.39 is 42.2 Å². The number of ether oxygens (including phenoxy) is 3. The summed E-state index contributed by atoms with van der Waals surface area (Å²) in [6.07, 6.45) is -3.02. The summed E-state index contributed by atoms with van der Waals surface area (Å²) in [5.74, 6) is -3.31. The van der Waals surface area contributed by atoms with Gasteiger partial charge in [-0.05, 0) is 13.0 Å². The van der Waals surface area contributed by atoms with Crippen LogP contribution in [-0.4, -0.2) is 42.4 Å². The predicted molar refractivity (Wildman–Crippen MR) is 94.6 cm³/mol. The number of fused-ring (bicyclic) bond motifs is 2. The molecule has 0 fully saturated rings. The van der Waals surface area contributed by atoms with E-state index in [1.165, 1.54) is 19.1 Å². The molecule has 0 saturated heterocycles. The molecule has 1 aliphatic carbocycles. The zero-order chi connectivity index (χ0) is 21.1. The topological polar surface area (TPSA) is 126 Å². The minimum absolute atomic E-state index is 0.0376. The lowest BCUT2D eigenvalue weighted by Gasteiger charge is -2.13. The predicted octanol–water partition coefficient (Wildman–Crippen LogP) is 2.69. The number of furan rings is 1. The lowest BCUT2D eigenvalue weighted by molar-refractivity contribution is -0.166. The number of Topliss-reactive ketones (excluding diaryl/α,β-unsaturated/α-hetero) is 1. The SMILES string of the molecule is CCOC(=O)OC(C)OC(=O)CC(=O)c1cc2c(o1)C(=O)c1ccccc1C2=O. The van der Waals surface area contributed by atoms with Crippen LogP contribution >= 0.6 is 0 Å². The number of rotatable bonds is 6. The summed E-state index contributed by atoms with van der Waals surface area (Å²) >= 11 is 0. The van der Waals surface area contributed by atoms with Crippen LogP contribution < -0.4 is 0 Å². The Bertz CT molecular complexity index is 962. The van der Waals surface area contributed by atoms with Crippen molar-refractivity contribution in [2.75, 3.05) is 6.61 Å². The molecule has 0 aliphatic heterocycles. The van der Waals surface area contributed by atoms with E-state index in [1.807, 2.05) is 0 Å². The molecule has 0 N–H and O–H groups in total. The first-order valence-electron chi connectivity index (χ1n) is 8.70. The molecule has 0 bridgehead atoms. The Morgan fingerprint density at radius 1 is 1.00 bits per heavy atom. The van der Waals surface area contributed by atoms with Crippen LogP contribution in [0.1, 0.15) is 62.9 Å². The molecule has 1 aromatic carbocycles. The molecule has 1 atom stereocenters. The highest BCUT2D eigenvalue weighted by atomic mass is 16.8. The van der Waals surface area contributed by atoms with Crippen LogP contribution in [0.4, 0.5) is 4.79 Å². The molecule has 0 radical (unpaired) electrons. The fraction of sp³-hybridized carbons (Fsp3) is 0.250. The van der Waals surface area contributed by atoms with Gasteiger partial charge < -0.3 is 18.6 Å². The normalized spacial score (nSPS) is 13.2. The van der Waals surface area contributed by atoms with Crippen molar-refractivity contribution >= 4 is 29.5 Å². The van der Waals surface area contributed by atoms with Crippen molar-refractivity contribution in [1.82, 2.24) is 0 Å². The largest absolute Gasteiger partial charge is 0.511 e. The van der Waals surface area contributed by atoms with Gasteiger partial charge in [0.1, 0.15) is 6.42 Å². The number of ketones is 3. The first-order chi connectivity index (χ1) is 13.8. The molecule has 1 aromatic heterocycles. The van der Waals surface area contributed by atoms with Gasteiger partial charge in [0.15, 0.2) is 17.3 Å². The van der Waals surface area contributed by atoms with E-state index in [0.717, 1.165) is 6.07 Å². The van der Waals surface area contributed by atoms with E-state index in [9.17, 15) is 24.0 Å². The minimum Gasteiger partial charge on any atom is -0.449 e. The Labute approximate surface area is 164 Å². The number of hydrogen-bond acceptors (Lipinski definition) is 9. The first-order valence-corrected chi connectivity index (χ1v) is 8.70. The Morgan fingerprint density at radius 3 is 2.31 bits per heavy atom. The van der Waals surface area contributed by atoms with Gasteiger partial charge in [0.05, 0.1) is 12.2 Å². The minimum atomic E-state index is -1.27. The Morgan fingerprint density at radius 2 is 1.66 bits per heavy atom. The van der Waals surface area contributed by atoms with Crippen LogP contribution in [-0.2, 0) is 19.0 Å². The van der Waals surface area contributed by atoms with E-state index in [0.29, 0.717) is 0 Å². The molecule has 1 aliphatic rings. The Kier molecular flexibility index (Phi) is 5.58. The van der Waals surface area contributed by atoms with Gasteiger partial charge in [-0.1, -0.05) is 24.3 Å². The maximum atomic E-state index is 12.5. The van der Waals surface area contributed by atoms with Crippen molar-refractivity contribution in [1.29, 1.82) is 0 Å². The van der Waals surface area contributed by atoms with E-state index in [1.54, 1.807) is 19.1 Å². The van der Waals surface area contributed by atoms with Gasteiger partial charge in [-0.3, -0.25) is 19.2 Å². The van der Waals surface area contributed by atoms with E-state index in [2.05, 4.69) is 9.47 Å². The fourth-order valence-electron chi connectivity index (χ4n) is 2.77. The second kappa shape index (κ2) is 8.09. The summed E-state index contributed by atoms with van der Waals surface area (Å²) in [5, 5.41) is 0. The van der Waals surface area contributed by atoms with Crippen LogP contribution in [0.25, 0.3) is 0 Å². The molecule has 150 valence electrons. The van der Waals surface area contributed by atoms with Crippen molar-refractivity contribution in [3.63, 3.8) is 0 Å². The Balaban J connectivity index is 1.69. The van der Waals surface area contributed by atoms with Gasteiger partial charge in [-0.2, -0.15) is 0 Å². The Hall–Kier alpha value is -3.75. The average Bonchev–Trinajstić information content (AvgIpc) is 3.12. The average molecular weight is 400 g/mol. The summed E-state index contributed by atoms with van der Waals surface area (Å²) in [7, 11) is 0. The molecule has 2 aromatic rings. The molecule has 9 nitrogen and oxygen atoms in total. The van der Waals surface area contributed by atoms with Crippen LogP contribution in [0, 0.1) is 0 Å². The zero-order valence-corrected chi connectivity index (χ0v) is 15.6. The van der Waals surface area contributed by atoms with Crippen LogP contribution in [0.3, 0.4) is 0 Å². The number of benzene rings is 1. The van der Waals surface area contributed by atoms with Crippen LogP contribution in [0.5, 0.6) is 0 Å². The smallest absolute Gasteiger partial charge is 0.449 e. The molecule has 1 heterocycles. The highest BCUT2D eigenvalue weighted by molar-refractivity contribution is 6.28. The van der Waals surface area contributed by atoms with Gasteiger partial charge in [0.25, 0.3) is 0 Å². The van der Waals surface area contributed by atoms with Gasteiger partial charge in [0.2, 0.25) is 17.9 Å². The molecule has 9 heteroatoms. The maximum absolute atomic E-state index is 12.5. The maximum Gasteiger partial charge on any atom is 0.511 e. The lowest BCUT2D eigenvalue weighted by atomic mass is 9.88. The van der Waals surface area contributed by atoms with Crippen LogP contribution in [0.15, 0.2) is 34.7 Å². The van der Waals surface area contributed by atoms with E-state index in [4.69, 9.17) is 9.15 Å². The van der Waals surface area contributed by atoms with Gasteiger partial charge in [-0.15, -0.1) is 0 Å². The van der Waals surface area contributed by atoms with Gasteiger partial charge in [0, 0.05) is 18.1 Å². The fourth-order valence-corrected chi connectivity index (χ4v) is 2.77. The van der Waals surface area contributed by atoms with Gasteiger partial charge in [-0.25, -0.2) is 4.79 Å². The number of hydrogen-bond donors (Lipinski definition) is 0. The standard InChI is InChI=1S/C20H16O9/c1-3-26-20(25)28-10(2)27-16(22)9-14(21)15-8-13-17(23)11-6-4-5-7-12(11)18(24)19(13)29-15/h4-8,10H,3,9H2,1-2H3. The molecule has 0 spiro atoms. The second-order valence-electron chi connectivity index (χ2n) is 6.02. The molecule has 1 unspecified atom stereocenters. The monoisotopic (exact) mass is 400 g/mol. The third-order valence-electron chi connectivity index (χ3n) is 4.00. The summed E-state index contributed by atoms with van der Waals surface area (Å²) < 4.78 is 19.3. The van der Waals surface area contributed by atoms with Crippen molar-refractivity contribution in [3.05, 3.63) is 58.5 Å². The third kappa shape index (κ3) is 4.08. The van der Waals surface area contributed by atoms with E-state index in [-0.39, 0.29) is 34.8 Å². The number of esters is 1. The molecular weight excluding hydrogens is 384 g/mol. The summed E-state index contributed by atoms with van der Waals surface area (Å²) in [5.41, 5.74) is 0.362. The lowest BCUT2D eigenvalue weighted by Crippen LogP contribution is -2.23. The van der Waals surface area contributed by atoms with Crippen molar-refractivity contribution in [3.8, 4) is 0 Å². The highest BCUT2D eigenvalue weighted by Gasteiger charge is 2.34. The molecule has 0 amide bonds. The molecule has 0 saturated carbocycles.